The zero-order valence-corrected chi connectivity index (χ0v) is 13.3. The lowest BCUT2D eigenvalue weighted by Crippen LogP contribution is -2.23. The summed E-state index contributed by atoms with van der Waals surface area (Å²) in [5, 5.41) is 6.26. The van der Waals surface area contributed by atoms with E-state index in [1.807, 2.05) is 0 Å². The first-order valence-electron chi connectivity index (χ1n) is 7.05. The lowest BCUT2D eigenvalue weighted by molar-refractivity contribution is -0.117. The summed E-state index contributed by atoms with van der Waals surface area (Å²) in [5.41, 5.74) is 1.58. The molecule has 1 aromatic rings. The van der Waals surface area contributed by atoms with Crippen molar-refractivity contribution in [2.75, 3.05) is 32.2 Å². The van der Waals surface area contributed by atoms with Crippen LogP contribution in [0.4, 0.5) is 5.69 Å². The van der Waals surface area contributed by atoms with Crippen molar-refractivity contribution in [1.82, 2.24) is 5.32 Å². The first-order chi connectivity index (χ1) is 10.0. The van der Waals surface area contributed by atoms with E-state index in [1.165, 1.54) is 0 Å². The minimum atomic E-state index is -0.360. The second kappa shape index (κ2) is 7.11. The van der Waals surface area contributed by atoms with Crippen molar-refractivity contribution >= 4 is 23.2 Å². The molecule has 0 aromatic heterocycles. The lowest BCUT2D eigenvalue weighted by Gasteiger charge is -2.12. The average molecular weight is 313 g/mol. The van der Waals surface area contributed by atoms with E-state index in [2.05, 4.69) is 24.5 Å². The molecule has 1 unspecified atom stereocenters. The number of amides is 1. The molecule has 1 amide bonds. The molecule has 0 saturated heterocycles. The van der Waals surface area contributed by atoms with E-state index in [1.54, 1.807) is 19.2 Å². The van der Waals surface area contributed by atoms with Crippen molar-refractivity contribution in [2.45, 2.75) is 19.9 Å². The van der Waals surface area contributed by atoms with E-state index in [9.17, 15) is 4.79 Å². The Bertz CT molecular complexity index is 520. The van der Waals surface area contributed by atoms with Gasteiger partial charge in [0.1, 0.15) is 18.4 Å². The van der Waals surface area contributed by atoms with Crippen LogP contribution in [0.25, 0.3) is 0 Å². The Balaban J connectivity index is 1.97. The Morgan fingerprint density at radius 3 is 2.81 bits per heavy atom. The Morgan fingerprint density at radius 1 is 1.38 bits per heavy atom. The molecule has 21 heavy (non-hydrogen) atoms. The van der Waals surface area contributed by atoms with Gasteiger partial charge in [-0.05, 0) is 19.0 Å². The molecule has 1 aliphatic rings. The number of carbonyl (C=O) groups is 1. The third-order valence-electron chi connectivity index (χ3n) is 3.16. The summed E-state index contributed by atoms with van der Waals surface area (Å²) >= 11 is 6.21. The minimum absolute atomic E-state index is 0.0824. The maximum absolute atomic E-state index is 11.8. The summed E-state index contributed by atoms with van der Waals surface area (Å²) in [7, 11) is 1.74. The number of anilines is 1. The molecule has 0 aliphatic carbocycles. The molecule has 1 atom stereocenters. The zero-order chi connectivity index (χ0) is 15.4. The quantitative estimate of drug-likeness (QED) is 0.760. The monoisotopic (exact) mass is 312 g/mol. The second-order valence-electron chi connectivity index (χ2n) is 5.40. The van der Waals surface area contributed by atoms with Crippen molar-refractivity contribution in [3.8, 4) is 5.75 Å². The van der Waals surface area contributed by atoms with Gasteiger partial charge in [0.2, 0.25) is 5.91 Å². The first kappa shape index (κ1) is 16.1. The van der Waals surface area contributed by atoms with Crippen molar-refractivity contribution in [3.63, 3.8) is 0 Å². The van der Waals surface area contributed by atoms with Gasteiger partial charge in [-0.2, -0.15) is 0 Å². The van der Waals surface area contributed by atoms with E-state index in [-0.39, 0.29) is 11.9 Å². The van der Waals surface area contributed by atoms with E-state index in [0.717, 1.165) is 11.3 Å². The summed E-state index contributed by atoms with van der Waals surface area (Å²) in [6.07, 6.45) is 0. The molecule has 0 saturated carbocycles. The van der Waals surface area contributed by atoms with Crippen LogP contribution >= 0.6 is 11.6 Å². The SMILES string of the molecule is CNC1C(=O)Nc2cc(OCCOCC(C)C)c(Cl)cc21. The molecular weight excluding hydrogens is 292 g/mol. The number of hydrogen-bond donors (Lipinski definition) is 2. The van der Waals surface area contributed by atoms with Gasteiger partial charge in [-0.1, -0.05) is 25.4 Å². The summed E-state index contributed by atoms with van der Waals surface area (Å²) < 4.78 is 11.1. The molecule has 2 rings (SSSR count). The maximum atomic E-state index is 11.8. The second-order valence-corrected chi connectivity index (χ2v) is 5.81. The molecule has 0 bridgehead atoms. The van der Waals surface area contributed by atoms with Crippen LogP contribution in [0.2, 0.25) is 5.02 Å². The third kappa shape index (κ3) is 3.87. The smallest absolute Gasteiger partial charge is 0.246 e. The van der Waals surface area contributed by atoms with Gasteiger partial charge in [0.25, 0.3) is 0 Å². The fourth-order valence-electron chi connectivity index (χ4n) is 2.19. The molecule has 0 spiro atoms. The van der Waals surface area contributed by atoms with Crippen LogP contribution in [0.5, 0.6) is 5.75 Å². The van der Waals surface area contributed by atoms with Crippen LogP contribution < -0.4 is 15.4 Å². The van der Waals surface area contributed by atoms with Gasteiger partial charge in [-0.25, -0.2) is 0 Å². The number of fused-ring (bicyclic) bond motifs is 1. The molecular formula is C15H21ClN2O3. The number of benzene rings is 1. The molecule has 2 N–H and O–H groups in total. The highest BCUT2D eigenvalue weighted by atomic mass is 35.5. The minimum Gasteiger partial charge on any atom is -0.490 e. The molecule has 1 aliphatic heterocycles. The Hall–Kier alpha value is -1.30. The van der Waals surface area contributed by atoms with Crippen molar-refractivity contribution in [3.05, 3.63) is 22.7 Å². The van der Waals surface area contributed by atoms with Crippen molar-refractivity contribution < 1.29 is 14.3 Å². The number of halogens is 1. The van der Waals surface area contributed by atoms with Gasteiger partial charge in [0.15, 0.2) is 0 Å². The van der Waals surface area contributed by atoms with Crippen LogP contribution in [0.15, 0.2) is 12.1 Å². The fourth-order valence-corrected chi connectivity index (χ4v) is 2.42. The fraction of sp³-hybridized carbons (Fsp3) is 0.533. The number of carbonyl (C=O) groups excluding carboxylic acids is 1. The van der Waals surface area contributed by atoms with Gasteiger partial charge in [-0.3, -0.25) is 4.79 Å². The highest BCUT2D eigenvalue weighted by molar-refractivity contribution is 6.32. The Labute approximate surface area is 130 Å². The highest BCUT2D eigenvalue weighted by Crippen LogP contribution is 2.38. The van der Waals surface area contributed by atoms with Gasteiger partial charge in [0, 0.05) is 23.9 Å². The largest absolute Gasteiger partial charge is 0.490 e. The summed E-state index contributed by atoms with van der Waals surface area (Å²) in [4.78, 5) is 11.8. The highest BCUT2D eigenvalue weighted by Gasteiger charge is 2.30. The van der Waals surface area contributed by atoms with Gasteiger partial charge < -0.3 is 20.1 Å². The van der Waals surface area contributed by atoms with Crippen LogP contribution in [0, 0.1) is 5.92 Å². The van der Waals surface area contributed by atoms with Gasteiger partial charge in [0.05, 0.1) is 11.6 Å². The molecule has 1 aromatic carbocycles. The molecule has 1 heterocycles. The van der Waals surface area contributed by atoms with Crippen LogP contribution in [0.3, 0.4) is 0 Å². The topological polar surface area (TPSA) is 59.6 Å². The maximum Gasteiger partial charge on any atom is 0.246 e. The molecule has 0 radical (unpaired) electrons. The van der Waals surface area contributed by atoms with Crippen LogP contribution in [-0.2, 0) is 9.53 Å². The predicted octanol–water partition coefficient (Wildman–Crippen LogP) is 2.60. The lowest BCUT2D eigenvalue weighted by atomic mass is 10.1. The van der Waals surface area contributed by atoms with Gasteiger partial charge >= 0.3 is 0 Å². The Kier molecular flexibility index (Phi) is 5.45. The van der Waals surface area contributed by atoms with Crippen molar-refractivity contribution in [2.24, 2.45) is 5.92 Å². The van der Waals surface area contributed by atoms with E-state index < -0.39 is 0 Å². The molecule has 0 fully saturated rings. The zero-order valence-electron chi connectivity index (χ0n) is 12.5. The average Bonchev–Trinajstić information content (AvgIpc) is 2.72. The molecule has 5 nitrogen and oxygen atoms in total. The molecule has 116 valence electrons. The van der Waals surface area contributed by atoms with Crippen LogP contribution in [0.1, 0.15) is 25.5 Å². The first-order valence-corrected chi connectivity index (χ1v) is 7.42. The number of hydrogen-bond acceptors (Lipinski definition) is 4. The summed E-state index contributed by atoms with van der Waals surface area (Å²) in [6.45, 7) is 5.84. The van der Waals surface area contributed by atoms with E-state index >= 15 is 0 Å². The summed E-state index contributed by atoms with van der Waals surface area (Å²) in [5.74, 6) is 0.976. The Morgan fingerprint density at radius 2 is 2.14 bits per heavy atom. The number of rotatable bonds is 7. The van der Waals surface area contributed by atoms with Gasteiger partial charge in [-0.15, -0.1) is 0 Å². The number of likely N-dealkylation sites (N-methyl/N-ethyl adjacent to an activating group) is 1. The van der Waals surface area contributed by atoms with Crippen molar-refractivity contribution in [1.29, 1.82) is 0 Å². The molecule has 6 heteroatoms. The standard InChI is InChI=1S/C15H21ClN2O3/c1-9(2)8-20-4-5-21-13-7-12-10(6-11(13)16)14(17-3)15(19)18-12/h6-7,9,14,17H,4-5,8H2,1-3H3,(H,18,19). The number of ether oxygens (including phenoxy) is 2. The third-order valence-corrected chi connectivity index (χ3v) is 3.46. The predicted molar refractivity (Wildman–Crippen MR) is 83.0 cm³/mol. The van der Waals surface area contributed by atoms with Crippen LogP contribution in [-0.4, -0.2) is 32.8 Å². The normalized spacial score (nSPS) is 17.0. The summed E-state index contributed by atoms with van der Waals surface area (Å²) in [6, 6.07) is 3.16. The van der Waals surface area contributed by atoms with E-state index in [0.29, 0.717) is 36.5 Å². The van der Waals surface area contributed by atoms with E-state index in [4.69, 9.17) is 21.1 Å². The number of nitrogens with one attached hydrogen (secondary N) is 2.